The van der Waals surface area contributed by atoms with Crippen LogP contribution in [0.2, 0.25) is 0 Å². The van der Waals surface area contributed by atoms with Crippen molar-refractivity contribution in [2.45, 2.75) is 25.4 Å². The van der Waals surface area contributed by atoms with Crippen LogP contribution in [0, 0.1) is 17.8 Å². The Morgan fingerprint density at radius 3 is 2.56 bits per heavy atom. The minimum Gasteiger partial charge on any atom is -0.382 e. The normalized spacial score (nSPS) is 33.2. The van der Waals surface area contributed by atoms with E-state index in [4.69, 9.17) is 9.47 Å². The van der Waals surface area contributed by atoms with Crippen LogP contribution in [-0.2, 0) is 14.3 Å². The fraction of sp³-hybridized carbons (Fsp3) is 0.917. The van der Waals surface area contributed by atoms with Gasteiger partial charge >= 0.3 is 0 Å². The zero-order chi connectivity index (χ0) is 11.5. The first-order chi connectivity index (χ1) is 7.74. The van der Waals surface area contributed by atoms with E-state index in [9.17, 15) is 4.79 Å². The Morgan fingerprint density at radius 1 is 1.31 bits per heavy atom. The second kappa shape index (κ2) is 5.15. The Labute approximate surface area is 96.7 Å². The van der Waals surface area contributed by atoms with Crippen LogP contribution in [0.1, 0.15) is 19.3 Å². The number of ether oxygens (including phenoxy) is 2. The Morgan fingerprint density at radius 2 is 2.00 bits per heavy atom. The first-order valence-corrected chi connectivity index (χ1v) is 6.04. The molecule has 0 saturated heterocycles. The van der Waals surface area contributed by atoms with Crippen molar-refractivity contribution in [3.63, 3.8) is 0 Å². The number of carbonyl (C=O) groups excluding carboxylic acids is 1. The van der Waals surface area contributed by atoms with Crippen LogP contribution in [0.15, 0.2) is 0 Å². The monoisotopic (exact) mass is 227 g/mol. The molecule has 0 heterocycles. The minimum absolute atomic E-state index is 0.0371. The summed E-state index contributed by atoms with van der Waals surface area (Å²) in [5.74, 6) is 2.16. The second-order valence-electron chi connectivity index (χ2n) is 4.98. The number of hydrogen-bond acceptors (Lipinski definition) is 3. The zero-order valence-corrected chi connectivity index (χ0v) is 10.1. The van der Waals surface area contributed by atoms with Crippen LogP contribution in [0.3, 0.4) is 0 Å². The lowest BCUT2D eigenvalue weighted by atomic mass is 10.0. The smallest absolute Gasteiger partial charge is 0.223 e. The van der Waals surface area contributed by atoms with Crippen molar-refractivity contribution in [2.75, 3.05) is 27.4 Å². The van der Waals surface area contributed by atoms with E-state index in [1.165, 1.54) is 6.42 Å². The highest BCUT2D eigenvalue weighted by molar-refractivity contribution is 5.79. The van der Waals surface area contributed by atoms with Crippen LogP contribution in [-0.4, -0.2) is 39.4 Å². The predicted molar refractivity (Wildman–Crippen MR) is 60.0 cm³/mol. The van der Waals surface area contributed by atoms with E-state index >= 15 is 0 Å². The second-order valence-corrected chi connectivity index (χ2v) is 4.98. The first-order valence-electron chi connectivity index (χ1n) is 6.04. The molecule has 1 amide bonds. The largest absolute Gasteiger partial charge is 0.382 e. The van der Waals surface area contributed by atoms with Gasteiger partial charge in [-0.25, -0.2) is 0 Å². The standard InChI is InChI=1S/C12H21NO3/c1-15-7-11(16-2)6-13-12(14)10-4-8-3-9(8)5-10/h8-11H,3-7H2,1-2H3,(H,13,14). The molecule has 0 aromatic heterocycles. The summed E-state index contributed by atoms with van der Waals surface area (Å²) >= 11 is 0. The number of amides is 1. The Hall–Kier alpha value is -0.610. The number of fused-ring (bicyclic) bond motifs is 1. The Balaban J connectivity index is 1.66. The van der Waals surface area contributed by atoms with Crippen LogP contribution in [0.4, 0.5) is 0 Å². The molecule has 3 atom stereocenters. The molecular formula is C12H21NO3. The van der Waals surface area contributed by atoms with Crippen LogP contribution in [0.25, 0.3) is 0 Å². The van der Waals surface area contributed by atoms with Gasteiger partial charge in [-0.1, -0.05) is 0 Å². The summed E-state index contributed by atoms with van der Waals surface area (Å²) in [6, 6.07) is 0. The molecule has 2 aliphatic carbocycles. The number of nitrogens with one attached hydrogen (secondary N) is 1. The van der Waals surface area contributed by atoms with Gasteiger partial charge in [0.15, 0.2) is 0 Å². The van der Waals surface area contributed by atoms with E-state index in [0.717, 1.165) is 24.7 Å². The molecule has 2 aliphatic rings. The van der Waals surface area contributed by atoms with Crippen molar-refractivity contribution >= 4 is 5.91 Å². The third-order valence-electron chi connectivity index (χ3n) is 3.80. The van der Waals surface area contributed by atoms with E-state index in [2.05, 4.69) is 5.32 Å². The van der Waals surface area contributed by atoms with Gasteiger partial charge in [-0.3, -0.25) is 4.79 Å². The number of rotatable bonds is 6. The highest BCUT2D eigenvalue weighted by Gasteiger charge is 2.47. The lowest BCUT2D eigenvalue weighted by Gasteiger charge is -2.17. The van der Waals surface area contributed by atoms with Gasteiger partial charge in [-0.05, 0) is 31.1 Å². The molecule has 0 aromatic rings. The first kappa shape index (κ1) is 11.9. The highest BCUT2D eigenvalue weighted by atomic mass is 16.5. The van der Waals surface area contributed by atoms with E-state index < -0.39 is 0 Å². The zero-order valence-electron chi connectivity index (χ0n) is 10.1. The van der Waals surface area contributed by atoms with Crippen molar-refractivity contribution in [1.82, 2.24) is 5.32 Å². The van der Waals surface area contributed by atoms with Crippen LogP contribution < -0.4 is 5.32 Å². The van der Waals surface area contributed by atoms with Crippen molar-refractivity contribution in [1.29, 1.82) is 0 Å². The molecule has 2 fully saturated rings. The molecule has 16 heavy (non-hydrogen) atoms. The lowest BCUT2D eigenvalue weighted by Crippen LogP contribution is -2.38. The maximum absolute atomic E-state index is 11.8. The number of carbonyl (C=O) groups is 1. The van der Waals surface area contributed by atoms with Crippen molar-refractivity contribution in [3.05, 3.63) is 0 Å². The fourth-order valence-electron chi connectivity index (χ4n) is 2.68. The molecule has 2 rings (SSSR count). The minimum atomic E-state index is -0.0371. The topological polar surface area (TPSA) is 47.6 Å². The van der Waals surface area contributed by atoms with Crippen molar-refractivity contribution < 1.29 is 14.3 Å². The lowest BCUT2D eigenvalue weighted by molar-refractivity contribution is -0.125. The number of hydrogen-bond donors (Lipinski definition) is 1. The maximum atomic E-state index is 11.8. The molecule has 4 heteroatoms. The average molecular weight is 227 g/mol. The van der Waals surface area contributed by atoms with E-state index in [1.807, 2.05) is 0 Å². The Kier molecular flexibility index (Phi) is 3.82. The Bertz CT molecular complexity index is 247. The third kappa shape index (κ3) is 2.74. The SMILES string of the molecule is COCC(CNC(=O)C1CC2CC2C1)OC. The quantitative estimate of drug-likeness (QED) is 0.730. The molecule has 2 saturated carbocycles. The molecular weight excluding hydrogens is 206 g/mol. The predicted octanol–water partition coefficient (Wildman–Crippen LogP) is 0.810. The summed E-state index contributed by atoms with van der Waals surface area (Å²) in [5.41, 5.74) is 0. The van der Waals surface area contributed by atoms with Gasteiger partial charge in [-0.15, -0.1) is 0 Å². The molecule has 0 aromatic carbocycles. The third-order valence-corrected chi connectivity index (χ3v) is 3.80. The molecule has 0 radical (unpaired) electrons. The van der Waals surface area contributed by atoms with E-state index in [-0.39, 0.29) is 17.9 Å². The molecule has 0 aliphatic heterocycles. The van der Waals surface area contributed by atoms with E-state index in [0.29, 0.717) is 13.2 Å². The summed E-state index contributed by atoms with van der Waals surface area (Å²) < 4.78 is 10.2. The fourth-order valence-corrected chi connectivity index (χ4v) is 2.68. The van der Waals surface area contributed by atoms with Crippen LogP contribution >= 0.6 is 0 Å². The summed E-state index contributed by atoms with van der Waals surface area (Å²) in [7, 11) is 3.28. The summed E-state index contributed by atoms with van der Waals surface area (Å²) in [4.78, 5) is 11.8. The molecule has 1 N–H and O–H groups in total. The molecule has 0 bridgehead atoms. The van der Waals surface area contributed by atoms with Crippen molar-refractivity contribution in [3.8, 4) is 0 Å². The van der Waals surface area contributed by atoms with Crippen LogP contribution in [0.5, 0.6) is 0 Å². The van der Waals surface area contributed by atoms with Gasteiger partial charge < -0.3 is 14.8 Å². The number of methoxy groups -OCH3 is 2. The molecule has 3 unspecified atom stereocenters. The molecule has 0 spiro atoms. The average Bonchev–Trinajstić information content (AvgIpc) is 2.91. The van der Waals surface area contributed by atoms with Gasteiger partial charge in [0.1, 0.15) is 0 Å². The van der Waals surface area contributed by atoms with Gasteiger partial charge in [-0.2, -0.15) is 0 Å². The van der Waals surface area contributed by atoms with Gasteiger partial charge in [0.25, 0.3) is 0 Å². The summed E-state index contributed by atoms with van der Waals surface area (Å²) in [6.45, 7) is 1.07. The molecule has 92 valence electrons. The highest BCUT2D eigenvalue weighted by Crippen LogP contribution is 2.54. The van der Waals surface area contributed by atoms with Gasteiger partial charge in [0, 0.05) is 26.7 Å². The van der Waals surface area contributed by atoms with Gasteiger partial charge in [0.05, 0.1) is 12.7 Å². The van der Waals surface area contributed by atoms with Gasteiger partial charge in [0.2, 0.25) is 5.91 Å². The summed E-state index contributed by atoms with van der Waals surface area (Å²) in [6.07, 6.45) is 3.51. The van der Waals surface area contributed by atoms with Crippen molar-refractivity contribution in [2.24, 2.45) is 17.8 Å². The summed E-state index contributed by atoms with van der Waals surface area (Å²) in [5, 5.41) is 2.96. The van der Waals surface area contributed by atoms with E-state index in [1.54, 1.807) is 14.2 Å². The maximum Gasteiger partial charge on any atom is 0.223 e. The molecule has 4 nitrogen and oxygen atoms in total.